The Morgan fingerprint density at radius 3 is 2.71 bits per heavy atom. The fourth-order valence-corrected chi connectivity index (χ4v) is 6.99. The highest BCUT2D eigenvalue weighted by Crippen LogP contribution is 2.51. The summed E-state index contributed by atoms with van der Waals surface area (Å²) in [6, 6.07) is 7.15. The Morgan fingerprint density at radius 2 is 2.00 bits per heavy atom. The maximum atomic E-state index is 13.4. The van der Waals surface area contributed by atoms with Crippen LogP contribution in [-0.2, 0) is 20.0 Å². The Balaban J connectivity index is 1.70. The van der Waals surface area contributed by atoms with Crippen molar-refractivity contribution < 1.29 is 13.2 Å². The molecule has 1 amide bonds. The molecule has 0 saturated heterocycles. The van der Waals surface area contributed by atoms with Crippen molar-refractivity contribution >= 4 is 15.7 Å². The summed E-state index contributed by atoms with van der Waals surface area (Å²) in [6.07, 6.45) is 4.59. The zero-order valence-corrected chi connectivity index (χ0v) is 18.9. The van der Waals surface area contributed by atoms with Gasteiger partial charge in [-0.25, -0.2) is 8.42 Å². The largest absolute Gasteiger partial charge is 0.362 e. The van der Waals surface area contributed by atoms with Crippen LogP contribution < -0.4 is 10.6 Å². The molecule has 4 aliphatic rings. The lowest BCUT2D eigenvalue weighted by Crippen LogP contribution is -2.58. The second-order valence-corrected chi connectivity index (χ2v) is 11.8. The molecule has 0 bridgehead atoms. The van der Waals surface area contributed by atoms with Gasteiger partial charge in [-0.1, -0.05) is 19.1 Å². The number of azo groups is 1. The molecule has 1 aromatic carbocycles. The SMILES string of the molecule is CCC1(c2cccc(S(=O)(=O)CC3CC3)c2)C2=CN=NC2NC2=C1C(=O)NC(C)(C)C2. The lowest BCUT2D eigenvalue weighted by atomic mass is 9.62. The van der Waals surface area contributed by atoms with Crippen LogP contribution >= 0.6 is 0 Å². The van der Waals surface area contributed by atoms with E-state index in [0.29, 0.717) is 23.3 Å². The van der Waals surface area contributed by atoms with Crippen molar-refractivity contribution in [3.8, 4) is 0 Å². The van der Waals surface area contributed by atoms with E-state index in [9.17, 15) is 13.2 Å². The molecule has 0 radical (unpaired) electrons. The number of carbonyl (C=O) groups excluding carboxylic acids is 1. The molecule has 3 aliphatic heterocycles. The molecule has 1 fully saturated rings. The third-order valence-corrected chi connectivity index (χ3v) is 8.75. The first-order valence-corrected chi connectivity index (χ1v) is 12.6. The predicted octanol–water partition coefficient (Wildman–Crippen LogP) is 3.35. The summed E-state index contributed by atoms with van der Waals surface area (Å²) in [7, 11) is -3.38. The van der Waals surface area contributed by atoms with E-state index in [1.54, 1.807) is 24.4 Å². The molecular formula is C23H28N4O3S. The van der Waals surface area contributed by atoms with E-state index >= 15 is 0 Å². The summed E-state index contributed by atoms with van der Waals surface area (Å²) in [5.41, 5.74) is 2.06. The van der Waals surface area contributed by atoms with Gasteiger partial charge in [-0.2, -0.15) is 10.2 Å². The van der Waals surface area contributed by atoms with Gasteiger partial charge in [0.25, 0.3) is 5.91 Å². The van der Waals surface area contributed by atoms with Gasteiger partial charge in [0, 0.05) is 23.2 Å². The minimum Gasteiger partial charge on any atom is -0.362 e. The van der Waals surface area contributed by atoms with Crippen molar-refractivity contribution in [3.63, 3.8) is 0 Å². The van der Waals surface area contributed by atoms with Crippen molar-refractivity contribution in [2.45, 2.75) is 68.5 Å². The van der Waals surface area contributed by atoms with Gasteiger partial charge in [-0.05, 0) is 56.7 Å². The van der Waals surface area contributed by atoms with Crippen LogP contribution in [0.3, 0.4) is 0 Å². The number of hydrogen-bond acceptors (Lipinski definition) is 6. The first-order chi connectivity index (χ1) is 14.7. The first-order valence-electron chi connectivity index (χ1n) is 10.9. The molecule has 1 aliphatic carbocycles. The van der Waals surface area contributed by atoms with Crippen molar-refractivity contribution in [2.24, 2.45) is 16.1 Å². The molecule has 0 spiro atoms. The Bertz CT molecular complexity index is 1160. The van der Waals surface area contributed by atoms with Gasteiger partial charge in [0.1, 0.15) is 0 Å². The summed E-state index contributed by atoms with van der Waals surface area (Å²) in [5, 5.41) is 15.0. The third kappa shape index (κ3) is 3.23. The maximum Gasteiger partial charge on any atom is 0.250 e. The Labute approximate surface area is 183 Å². The van der Waals surface area contributed by atoms with Crippen LogP contribution in [0.5, 0.6) is 0 Å². The Kier molecular flexibility index (Phi) is 4.45. The predicted molar refractivity (Wildman–Crippen MR) is 117 cm³/mol. The van der Waals surface area contributed by atoms with Gasteiger partial charge in [-0.15, -0.1) is 0 Å². The maximum absolute atomic E-state index is 13.4. The molecule has 3 heterocycles. The number of rotatable bonds is 5. The molecule has 8 heteroatoms. The highest BCUT2D eigenvalue weighted by molar-refractivity contribution is 7.91. The van der Waals surface area contributed by atoms with Crippen LogP contribution in [-0.4, -0.2) is 31.8 Å². The molecular weight excluding hydrogens is 412 g/mol. The van der Waals surface area contributed by atoms with Gasteiger partial charge in [0.2, 0.25) is 0 Å². The van der Waals surface area contributed by atoms with E-state index < -0.39 is 15.3 Å². The van der Waals surface area contributed by atoms with E-state index in [4.69, 9.17) is 0 Å². The van der Waals surface area contributed by atoms with Crippen LogP contribution in [0, 0.1) is 5.92 Å². The third-order valence-electron chi connectivity index (χ3n) is 6.87. The van der Waals surface area contributed by atoms with Crippen LogP contribution in [0.1, 0.15) is 52.0 Å². The molecule has 1 saturated carbocycles. The number of amides is 1. The number of hydrogen-bond donors (Lipinski definition) is 2. The van der Waals surface area contributed by atoms with Gasteiger partial charge >= 0.3 is 0 Å². The minimum atomic E-state index is -3.38. The molecule has 164 valence electrons. The van der Waals surface area contributed by atoms with Crippen molar-refractivity contribution in [1.29, 1.82) is 0 Å². The highest BCUT2D eigenvalue weighted by Gasteiger charge is 2.53. The van der Waals surface area contributed by atoms with Gasteiger partial charge < -0.3 is 10.6 Å². The number of nitrogens with one attached hydrogen (secondary N) is 2. The quantitative estimate of drug-likeness (QED) is 0.733. The average molecular weight is 441 g/mol. The molecule has 2 unspecified atom stereocenters. The van der Waals surface area contributed by atoms with Crippen LogP contribution in [0.2, 0.25) is 0 Å². The zero-order chi connectivity index (χ0) is 22.0. The van der Waals surface area contributed by atoms with Gasteiger partial charge in [-0.3, -0.25) is 4.79 Å². The summed E-state index contributed by atoms with van der Waals surface area (Å²) >= 11 is 0. The van der Waals surface area contributed by atoms with Crippen molar-refractivity contribution in [3.05, 3.63) is 52.9 Å². The lowest BCUT2D eigenvalue weighted by molar-refractivity contribution is -0.120. The van der Waals surface area contributed by atoms with E-state index in [0.717, 1.165) is 29.7 Å². The summed E-state index contributed by atoms with van der Waals surface area (Å²) in [5.74, 6) is 0.335. The zero-order valence-electron chi connectivity index (χ0n) is 18.1. The van der Waals surface area contributed by atoms with E-state index in [1.165, 1.54) is 0 Å². The molecule has 31 heavy (non-hydrogen) atoms. The monoisotopic (exact) mass is 440 g/mol. The normalized spacial score (nSPS) is 29.1. The minimum absolute atomic E-state index is 0.127. The molecule has 0 aromatic heterocycles. The standard InChI is InChI=1S/C23H28N4O3S/c1-4-23(15-6-5-7-16(10-15)31(29,30)13-14-8-9-14)17-12-24-27-20(17)25-18-11-22(2,3)26-21(28)19(18)23/h5-7,10,12,14,20,25H,4,8-9,11,13H2,1-3H3,(H,26,28). The van der Waals surface area contributed by atoms with Gasteiger partial charge in [0.05, 0.1) is 27.8 Å². The topological polar surface area (TPSA) is 100.0 Å². The van der Waals surface area contributed by atoms with Crippen molar-refractivity contribution in [1.82, 2.24) is 10.6 Å². The fraction of sp³-hybridized carbons (Fsp3) is 0.522. The Hall–Kier alpha value is -2.48. The summed E-state index contributed by atoms with van der Waals surface area (Å²) in [6.45, 7) is 6.03. The molecule has 5 rings (SSSR count). The van der Waals surface area contributed by atoms with E-state index in [-0.39, 0.29) is 29.3 Å². The number of benzene rings is 1. The van der Waals surface area contributed by atoms with Crippen LogP contribution in [0.4, 0.5) is 0 Å². The van der Waals surface area contributed by atoms with Crippen molar-refractivity contribution in [2.75, 3.05) is 5.75 Å². The van der Waals surface area contributed by atoms with Gasteiger partial charge in [0.15, 0.2) is 16.0 Å². The molecule has 1 aromatic rings. The fourth-order valence-electron chi connectivity index (χ4n) is 5.25. The Morgan fingerprint density at radius 1 is 1.23 bits per heavy atom. The summed E-state index contributed by atoms with van der Waals surface area (Å²) < 4.78 is 26.0. The smallest absolute Gasteiger partial charge is 0.250 e. The average Bonchev–Trinajstić information content (AvgIpc) is 3.37. The summed E-state index contributed by atoms with van der Waals surface area (Å²) in [4.78, 5) is 13.7. The second kappa shape index (κ2) is 6.76. The molecule has 2 N–H and O–H groups in total. The highest BCUT2D eigenvalue weighted by atomic mass is 32.2. The van der Waals surface area contributed by atoms with Crippen LogP contribution in [0.15, 0.2) is 62.4 Å². The molecule has 2 atom stereocenters. The number of sulfone groups is 1. The van der Waals surface area contributed by atoms with E-state index in [2.05, 4.69) is 20.9 Å². The number of nitrogens with zero attached hydrogens (tertiary/aromatic N) is 2. The van der Waals surface area contributed by atoms with Crippen LogP contribution in [0.25, 0.3) is 0 Å². The first kappa shape index (κ1) is 20.4. The number of fused-ring (bicyclic) bond motifs is 1. The second-order valence-electron chi connectivity index (χ2n) is 9.74. The molecule has 7 nitrogen and oxygen atoms in total. The number of carbonyl (C=O) groups is 1. The van der Waals surface area contributed by atoms with E-state index in [1.807, 2.05) is 26.8 Å². The lowest BCUT2D eigenvalue weighted by Gasteiger charge is -2.48.